The lowest BCUT2D eigenvalue weighted by atomic mass is 10.1. The van der Waals surface area contributed by atoms with E-state index < -0.39 is 11.9 Å². The van der Waals surface area contributed by atoms with Crippen LogP contribution in [0.4, 0.5) is 42.6 Å². The molecule has 4 heterocycles. The van der Waals surface area contributed by atoms with Crippen molar-refractivity contribution in [2.45, 2.75) is 95.3 Å². The maximum Gasteiger partial charge on any atom is 0.325 e. The van der Waals surface area contributed by atoms with E-state index in [4.69, 9.17) is 9.47 Å². The summed E-state index contributed by atoms with van der Waals surface area (Å²) in [4.78, 5) is 67.3. The van der Waals surface area contributed by atoms with Crippen molar-refractivity contribution in [3.05, 3.63) is 129 Å². The van der Waals surface area contributed by atoms with Crippen LogP contribution in [0.15, 0.2) is 102 Å². The van der Waals surface area contributed by atoms with Crippen molar-refractivity contribution in [3.63, 3.8) is 0 Å². The predicted molar refractivity (Wildman–Crippen MR) is 279 cm³/mol. The van der Waals surface area contributed by atoms with E-state index >= 15 is 0 Å². The summed E-state index contributed by atoms with van der Waals surface area (Å²) < 4.78 is 11.1. The third-order valence-corrected chi connectivity index (χ3v) is 14.9. The molecule has 0 bridgehead atoms. The lowest BCUT2D eigenvalue weighted by molar-refractivity contribution is -0.159. The van der Waals surface area contributed by atoms with Crippen molar-refractivity contribution in [1.29, 1.82) is 0 Å². The summed E-state index contributed by atoms with van der Waals surface area (Å²) in [6.07, 6.45) is 11.6. The van der Waals surface area contributed by atoms with Gasteiger partial charge in [0, 0.05) is 54.1 Å². The molecular formula is C52H58N8O6S3. The van der Waals surface area contributed by atoms with Crippen molar-refractivity contribution in [2.24, 2.45) is 0 Å². The highest BCUT2D eigenvalue weighted by atomic mass is 32.2. The summed E-state index contributed by atoms with van der Waals surface area (Å²) in [6.45, 7) is 8.34. The average molecular weight is 987 g/mol. The van der Waals surface area contributed by atoms with Crippen LogP contribution in [0.5, 0.6) is 5.75 Å². The topological polar surface area (TPSA) is 167 Å². The van der Waals surface area contributed by atoms with Crippen molar-refractivity contribution >= 4 is 91.4 Å². The molecule has 0 aliphatic carbocycles. The number of thioether (sulfide) groups is 1. The van der Waals surface area contributed by atoms with Gasteiger partial charge in [-0.15, -0.1) is 23.1 Å². The zero-order chi connectivity index (χ0) is 48.0. The lowest BCUT2D eigenvalue weighted by Crippen LogP contribution is -2.31. The first-order valence-corrected chi connectivity index (χ1v) is 26.1. The van der Waals surface area contributed by atoms with Crippen LogP contribution >= 0.6 is 34.4 Å². The summed E-state index contributed by atoms with van der Waals surface area (Å²) in [5, 5.41) is 12.8. The molecule has 2 aromatic heterocycles. The minimum absolute atomic E-state index is 0.0726. The fraction of sp³-hybridized carbons (Fsp3) is 0.346. The van der Waals surface area contributed by atoms with Gasteiger partial charge in [-0.2, -0.15) is 0 Å². The number of urea groups is 2. The summed E-state index contributed by atoms with van der Waals surface area (Å²) >= 11 is 4.44. The van der Waals surface area contributed by atoms with Gasteiger partial charge in [0.2, 0.25) is 0 Å². The summed E-state index contributed by atoms with van der Waals surface area (Å²) in [5.41, 5.74) is 7.85. The minimum Gasteiger partial charge on any atom is -0.488 e. The van der Waals surface area contributed by atoms with E-state index in [1.54, 1.807) is 24.2 Å². The van der Waals surface area contributed by atoms with Gasteiger partial charge in [-0.25, -0.2) is 19.6 Å². The van der Waals surface area contributed by atoms with E-state index in [2.05, 4.69) is 67.0 Å². The molecule has 4 N–H and O–H groups in total. The van der Waals surface area contributed by atoms with E-state index in [9.17, 15) is 19.2 Å². The number of aryl methyl sites for hydroxylation is 4. The van der Waals surface area contributed by atoms with Gasteiger partial charge in [0.25, 0.3) is 0 Å². The predicted octanol–water partition coefficient (Wildman–Crippen LogP) is 12.0. The Labute approximate surface area is 415 Å². The third kappa shape index (κ3) is 14.8. The monoisotopic (exact) mass is 986 g/mol. The second-order valence-corrected chi connectivity index (χ2v) is 20.5. The number of amides is 4. The fourth-order valence-corrected chi connectivity index (χ4v) is 10.6. The standard InChI is InChI=1S/C52H58N8O6S3/c1-35-9-21-43(45(29-35)59-25-5-3-6-26-59)55-49(63)57-51-53-31-41(68-51)33-65-39-17-11-37(12-18-39)15-23-47(61)66-48(62)24-16-38-13-19-40(20-14-38)67-34-42-32-54-52(69-42)58-50(64)56-44-22-10-36(2)30-46(44)60-27-7-4-8-28-60/h9-14,17-22,29-32H,3-8,15-16,23-28,33-34H2,1-2H3,(H2,53,55,57,63)(H2,54,56,58,64). The Balaban J connectivity index is 0.695. The molecule has 6 aromatic rings. The van der Waals surface area contributed by atoms with Gasteiger partial charge in [0.05, 0.1) is 40.5 Å². The molecule has 69 heavy (non-hydrogen) atoms. The zero-order valence-corrected chi connectivity index (χ0v) is 41.5. The van der Waals surface area contributed by atoms with E-state index in [0.29, 0.717) is 34.6 Å². The van der Waals surface area contributed by atoms with Crippen LogP contribution in [-0.2, 0) is 39.5 Å². The maximum absolute atomic E-state index is 13.0. The summed E-state index contributed by atoms with van der Waals surface area (Å²) in [6, 6.07) is 26.9. The highest BCUT2D eigenvalue weighted by molar-refractivity contribution is 7.98. The van der Waals surface area contributed by atoms with Crippen LogP contribution in [0.3, 0.4) is 0 Å². The number of benzene rings is 4. The lowest BCUT2D eigenvalue weighted by Gasteiger charge is -2.30. The van der Waals surface area contributed by atoms with Gasteiger partial charge < -0.3 is 29.9 Å². The molecule has 14 nitrogen and oxygen atoms in total. The SMILES string of the molecule is Cc1ccc(NC(=O)Nc2ncc(COc3ccc(CCC(=O)OC(=O)CCc4ccc(SCc5cnc(NC(=O)Nc6ccc(C)cc6N6CCCCC6)s5)cc4)cc3)s2)c(N2CCCCC2)c1. The molecule has 2 fully saturated rings. The number of nitrogens with one attached hydrogen (secondary N) is 4. The molecule has 360 valence electrons. The number of esters is 2. The van der Waals surface area contributed by atoms with Crippen LogP contribution in [0.25, 0.3) is 0 Å². The van der Waals surface area contributed by atoms with Crippen LogP contribution < -0.4 is 35.8 Å². The molecule has 2 saturated heterocycles. The van der Waals surface area contributed by atoms with Gasteiger partial charge in [0.1, 0.15) is 12.4 Å². The van der Waals surface area contributed by atoms with Gasteiger partial charge in [-0.3, -0.25) is 20.2 Å². The molecule has 8 rings (SSSR count). The molecule has 0 spiro atoms. The Morgan fingerprint density at radius 3 is 1.59 bits per heavy atom. The highest BCUT2D eigenvalue weighted by Crippen LogP contribution is 2.33. The number of rotatable bonds is 18. The number of hydrogen-bond donors (Lipinski definition) is 4. The van der Waals surface area contributed by atoms with Crippen molar-refractivity contribution < 1.29 is 28.7 Å². The molecule has 0 saturated carbocycles. The van der Waals surface area contributed by atoms with Crippen LogP contribution in [-0.4, -0.2) is 60.1 Å². The first kappa shape index (κ1) is 49.0. The summed E-state index contributed by atoms with van der Waals surface area (Å²) in [5.74, 6) is 0.224. The largest absolute Gasteiger partial charge is 0.488 e. The Hall–Kier alpha value is -6.43. The fourth-order valence-electron chi connectivity index (χ4n) is 8.19. The number of ether oxygens (including phenoxy) is 2. The molecule has 0 unspecified atom stereocenters. The van der Waals surface area contributed by atoms with Gasteiger partial charge in [-0.05, 0) is 136 Å². The van der Waals surface area contributed by atoms with Crippen LogP contribution in [0.2, 0.25) is 0 Å². The third-order valence-electron chi connectivity index (χ3n) is 11.8. The normalized spacial score (nSPS) is 13.7. The number of hydrogen-bond acceptors (Lipinski definition) is 13. The molecule has 4 amide bonds. The van der Waals surface area contributed by atoms with Crippen LogP contribution in [0, 0.1) is 13.8 Å². The molecule has 2 aliphatic heterocycles. The quantitative estimate of drug-likeness (QED) is 0.0368. The average Bonchev–Trinajstić information content (AvgIpc) is 4.02. The number of carbonyl (C=O) groups excluding carboxylic acids is 4. The summed E-state index contributed by atoms with van der Waals surface area (Å²) in [7, 11) is 0. The smallest absolute Gasteiger partial charge is 0.325 e. The Kier molecular flexibility index (Phi) is 17.2. The van der Waals surface area contributed by atoms with Crippen molar-refractivity contribution in [1.82, 2.24) is 9.97 Å². The highest BCUT2D eigenvalue weighted by Gasteiger charge is 2.19. The Bertz CT molecular complexity index is 2510. The number of carbonyl (C=O) groups is 4. The van der Waals surface area contributed by atoms with Crippen molar-refractivity contribution in [3.8, 4) is 5.75 Å². The molecule has 0 atom stereocenters. The van der Waals surface area contributed by atoms with Gasteiger partial charge in [-0.1, -0.05) is 47.7 Å². The maximum atomic E-state index is 13.0. The van der Waals surface area contributed by atoms with Crippen molar-refractivity contribution in [2.75, 3.05) is 57.2 Å². The Morgan fingerprint density at radius 2 is 1.07 bits per heavy atom. The van der Waals surface area contributed by atoms with Crippen LogP contribution in [0.1, 0.15) is 83.4 Å². The molecule has 0 radical (unpaired) electrons. The molecule has 17 heteroatoms. The Morgan fingerprint density at radius 1 is 0.594 bits per heavy atom. The molecular weight excluding hydrogens is 929 g/mol. The van der Waals surface area contributed by atoms with E-state index in [1.165, 1.54) is 35.5 Å². The second kappa shape index (κ2) is 24.2. The number of thiazole rings is 2. The zero-order valence-electron chi connectivity index (χ0n) is 39.0. The molecule has 2 aliphatic rings. The number of piperidine rings is 2. The van der Waals surface area contributed by atoms with Gasteiger partial charge in [0.15, 0.2) is 10.3 Å². The second-order valence-electron chi connectivity index (χ2n) is 17.3. The van der Waals surface area contributed by atoms with E-state index in [1.807, 2.05) is 72.8 Å². The van der Waals surface area contributed by atoms with E-state index in [0.717, 1.165) is 112 Å². The number of nitrogens with zero attached hydrogens (tertiary/aromatic N) is 4. The van der Waals surface area contributed by atoms with E-state index in [-0.39, 0.29) is 31.5 Å². The van der Waals surface area contributed by atoms with Gasteiger partial charge >= 0.3 is 24.0 Å². The number of aromatic nitrogens is 2. The first-order chi connectivity index (χ1) is 33.6. The molecule has 4 aromatic carbocycles. The number of anilines is 6. The first-order valence-electron chi connectivity index (χ1n) is 23.5. The minimum atomic E-state index is -0.563.